The van der Waals surface area contributed by atoms with Gasteiger partial charge in [0.1, 0.15) is 0 Å². The molecule has 0 unspecified atom stereocenters. The Morgan fingerprint density at radius 2 is 2.00 bits per heavy atom. The molecule has 2 rings (SSSR count). The summed E-state index contributed by atoms with van der Waals surface area (Å²) < 4.78 is 5.37. The minimum atomic E-state index is -0.127. The zero-order valence-corrected chi connectivity index (χ0v) is 15.0. The summed E-state index contributed by atoms with van der Waals surface area (Å²) in [5, 5.41) is 3.92. The first-order valence-corrected chi connectivity index (χ1v) is 8.38. The van der Waals surface area contributed by atoms with Crippen LogP contribution in [0, 0.1) is 0 Å². The molecule has 0 aliphatic carbocycles. The van der Waals surface area contributed by atoms with Gasteiger partial charge in [-0.2, -0.15) is 0 Å². The lowest BCUT2D eigenvalue weighted by Crippen LogP contribution is -2.55. The van der Waals surface area contributed by atoms with Crippen LogP contribution in [0.4, 0.5) is 0 Å². The summed E-state index contributed by atoms with van der Waals surface area (Å²) >= 11 is 11.8. The topological polar surface area (TPSA) is 41.6 Å². The van der Waals surface area contributed by atoms with Crippen LogP contribution < -0.4 is 5.32 Å². The Balaban J connectivity index is 1.86. The zero-order chi connectivity index (χ0) is 16.9. The normalized spacial score (nSPS) is 16.7. The first-order valence-electron chi connectivity index (χ1n) is 7.62. The van der Waals surface area contributed by atoms with Crippen LogP contribution in [0.5, 0.6) is 0 Å². The van der Waals surface area contributed by atoms with Gasteiger partial charge < -0.3 is 10.1 Å². The molecule has 126 valence electrons. The van der Waals surface area contributed by atoms with Crippen LogP contribution in [-0.4, -0.2) is 49.2 Å². The SMILES string of the molecule is CC(C)(CNC(=O)C=Cc1ccc(Cl)c(Cl)c1)N1CCOCC1. The van der Waals surface area contributed by atoms with Crippen molar-refractivity contribution in [2.45, 2.75) is 19.4 Å². The first kappa shape index (κ1) is 18.3. The molecule has 0 atom stereocenters. The summed E-state index contributed by atoms with van der Waals surface area (Å²) in [7, 11) is 0. The molecule has 0 radical (unpaired) electrons. The van der Waals surface area contributed by atoms with E-state index in [1.54, 1.807) is 18.2 Å². The molecule has 1 N–H and O–H groups in total. The molecule has 1 aliphatic rings. The van der Waals surface area contributed by atoms with Crippen LogP contribution in [0.2, 0.25) is 10.0 Å². The average molecular weight is 357 g/mol. The molecular weight excluding hydrogens is 335 g/mol. The molecule has 1 fully saturated rings. The highest BCUT2D eigenvalue weighted by atomic mass is 35.5. The number of nitrogens with zero attached hydrogens (tertiary/aromatic N) is 1. The summed E-state index contributed by atoms with van der Waals surface area (Å²) in [4.78, 5) is 14.3. The fourth-order valence-electron chi connectivity index (χ4n) is 2.43. The van der Waals surface area contributed by atoms with Crippen LogP contribution in [-0.2, 0) is 9.53 Å². The molecule has 6 heteroatoms. The first-order chi connectivity index (χ1) is 10.9. The van der Waals surface area contributed by atoms with Crippen LogP contribution in [0.15, 0.2) is 24.3 Å². The number of hydrogen-bond donors (Lipinski definition) is 1. The van der Waals surface area contributed by atoms with Crippen molar-refractivity contribution in [2.75, 3.05) is 32.8 Å². The largest absolute Gasteiger partial charge is 0.379 e. The number of rotatable bonds is 5. The van der Waals surface area contributed by atoms with Gasteiger partial charge in [0.05, 0.1) is 23.3 Å². The van der Waals surface area contributed by atoms with Gasteiger partial charge in [0, 0.05) is 31.2 Å². The third-order valence-corrected chi connectivity index (χ3v) is 4.67. The van der Waals surface area contributed by atoms with E-state index in [9.17, 15) is 4.79 Å². The van der Waals surface area contributed by atoms with Crippen LogP contribution in [0.3, 0.4) is 0 Å². The summed E-state index contributed by atoms with van der Waals surface area (Å²) in [5.41, 5.74) is 0.735. The molecule has 0 bridgehead atoms. The number of ether oxygens (including phenoxy) is 1. The Morgan fingerprint density at radius 1 is 1.30 bits per heavy atom. The van der Waals surface area contributed by atoms with Gasteiger partial charge in [-0.1, -0.05) is 29.3 Å². The summed E-state index contributed by atoms with van der Waals surface area (Å²) in [5.74, 6) is -0.127. The van der Waals surface area contributed by atoms with Crippen molar-refractivity contribution >= 4 is 35.2 Å². The monoisotopic (exact) mass is 356 g/mol. The quantitative estimate of drug-likeness (QED) is 0.823. The smallest absolute Gasteiger partial charge is 0.244 e. The van der Waals surface area contributed by atoms with E-state index in [1.165, 1.54) is 6.08 Å². The fourth-order valence-corrected chi connectivity index (χ4v) is 2.74. The Bertz CT molecular complexity index is 582. The Labute approximate surface area is 147 Å². The van der Waals surface area contributed by atoms with E-state index in [0.29, 0.717) is 16.6 Å². The van der Waals surface area contributed by atoms with Gasteiger partial charge in [-0.25, -0.2) is 0 Å². The highest BCUT2D eigenvalue weighted by molar-refractivity contribution is 6.42. The van der Waals surface area contributed by atoms with E-state index in [1.807, 2.05) is 6.07 Å². The molecule has 0 aromatic heterocycles. The van der Waals surface area contributed by atoms with Gasteiger partial charge in [0.2, 0.25) is 5.91 Å². The molecule has 1 aromatic rings. The van der Waals surface area contributed by atoms with Crippen molar-refractivity contribution in [3.05, 3.63) is 39.9 Å². The van der Waals surface area contributed by atoms with Crippen molar-refractivity contribution in [2.24, 2.45) is 0 Å². The molecule has 23 heavy (non-hydrogen) atoms. The molecular formula is C17H22Cl2N2O2. The van der Waals surface area contributed by atoms with Gasteiger partial charge in [-0.15, -0.1) is 0 Å². The number of amides is 1. The minimum absolute atomic E-state index is 0.100. The standard InChI is InChI=1S/C17H22Cl2N2O2/c1-17(2,21-7-9-23-10-8-21)12-20-16(22)6-4-13-3-5-14(18)15(19)11-13/h3-6,11H,7-10,12H2,1-2H3,(H,20,22). The van der Waals surface area contributed by atoms with Crippen molar-refractivity contribution < 1.29 is 9.53 Å². The zero-order valence-electron chi connectivity index (χ0n) is 13.4. The second-order valence-corrected chi connectivity index (χ2v) is 6.95. The Hall–Kier alpha value is -1.07. The highest BCUT2D eigenvalue weighted by Gasteiger charge is 2.28. The van der Waals surface area contributed by atoms with Gasteiger partial charge in [-0.3, -0.25) is 9.69 Å². The molecule has 0 spiro atoms. The van der Waals surface area contributed by atoms with Gasteiger partial charge >= 0.3 is 0 Å². The third kappa shape index (κ3) is 5.50. The third-order valence-electron chi connectivity index (χ3n) is 3.93. The second kappa shape index (κ2) is 8.15. The van der Waals surface area contributed by atoms with E-state index < -0.39 is 0 Å². The molecule has 1 amide bonds. The van der Waals surface area contributed by atoms with Gasteiger partial charge in [-0.05, 0) is 37.6 Å². The van der Waals surface area contributed by atoms with E-state index in [2.05, 4.69) is 24.1 Å². The van der Waals surface area contributed by atoms with E-state index in [4.69, 9.17) is 27.9 Å². The van der Waals surface area contributed by atoms with Crippen molar-refractivity contribution in [3.63, 3.8) is 0 Å². The van der Waals surface area contributed by atoms with Crippen molar-refractivity contribution in [1.29, 1.82) is 0 Å². The van der Waals surface area contributed by atoms with E-state index in [0.717, 1.165) is 31.9 Å². The summed E-state index contributed by atoms with van der Waals surface area (Å²) in [6.07, 6.45) is 3.23. The summed E-state index contributed by atoms with van der Waals surface area (Å²) in [6.45, 7) is 8.10. The van der Waals surface area contributed by atoms with E-state index in [-0.39, 0.29) is 11.4 Å². The maximum atomic E-state index is 12.0. The lowest BCUT2D eigenvalue weighted by Gasteiger charge is -2.40. The number of benzene rings is 1. The molecule has 1 aliphatic heterocycles. The van der Waals surface area contributed by atoms with E-state index >= 15 is 0 Å². The number of halogens is 2. The van der Waals surface area contributed by atoms with Gasteiger partial charge in [0.15, 0.2) is 0 Å². The average Bonchev–Trinajstić information content (AvgIpc) is 2.55. The lowest BCUT2D eigenvalue weighted by atomic mass is 10.0. The second-order valence-electron chi connectivity index (χ2n) is 6.14. The van der Waals surface area contributed by atoms with Crippen LogP contribution in [0.25, 0.3) is 6.08 Å². The number of morpholine rings is 1. The van der Waals surface area contributed by atoms with Crippen molar-refractivity contribution in [3.8, 4) is 0 Å². The molecule has 1 aromatic carbocycles. The minimum Gasteiger partial charge on any atom is -0.379 e. The van der Waals surface area contributed by atoms with Crippen LogP contribution >= 0.6 is 23.2 Å². The van der Waals surface area contributed by atoms with Crippen LogP contribution in [0.1, 0.15) is 19.4 Å². The maximum Gasteiger partial charge on any atom is 0.244 e. The number of hydrogen-bond acceptors (Lipinski definition) is 3. The predicted molar refractivity (Wildman–Crippen MR) is 95.0 cm³/mol. The Morgan fingerprint density at radius 3 is 2.65 bits per heavy atom. The Kier molecular flexibility index (Phi) is 6.48. The van der Waals surface area contributed by atoms with Crippen molar-refractivity contribution in [1.82, 2.24) is 10.2 Å². The molecule has 4 nitrogen and oxygen atoms in total. The fraction of sp³-hybridized carbons (Fsp3) is 0.471. The molecule has 1 heterocycles. The summed E-state index contributed by atoms with van der Waals surface area (Å²) in [6, 6.07) is 5.25. The predicted octanol–water partition coefficient (Wildman–Crippen LogP) is 3.23. The molecule has 1 saturated heterocycles. The maximum absolute atomic E-state index is 12.0. The highest BCUT2D eigenvalue weighted by Crippen LogP contribution is 2.23. The molecule has 0 saturated carbocycles. The number of carbonyl (C=O) groups excluding carboxylic acids is 1. The lowest BCUT2D eigenvalue weighted by molar-refractivity contribution is -0.117. The number of nitrogens with one attached hydrogen (secondary N) is 1. The number of carbonyl (C=O) groups is 1. The van der Waals surface area contributed by atoms with Gasteiger partial charge in [0.25, 0.3) is 0 Å².